The summed E-state index contributed by atoms with van der Waals surface area (Å²) in [7, 11) is 2.08. The Kier molecular flexibility index (Phi) is 3.89. The van der Waals surface area contributed by atoms with Crippen molar-refractivity contribution in [3.05, 3.63) is 71.2 Å². The zero-order valence-corrected chi connectivity index (χ0v) is 15.0. The van der Waals surface area contributed by atoms with Gasteiger partial charge in [0, 0.05) is 11.6 Å². The first kappa shape index (κ1) is 16.2. The Labute approximate surface area is 144 Å². The van der Waals surface area contributed by atoms with Crippen molar-refractivity contribution in [3.63, 3.8) is 0 Å². The van der Waals surface area contributed by atoms with E-state index in [4.69, 9.17) is 6.57 Å². The smallest absolute Gasteiger partial charge is 0.220 e. The van der Waals surface area contributed by atoms with Gasteiger partial charge in [0.15, 0.2) is 11.9 Å². The molecule has 1 aromatic heterocycles. The molecule has 2 heteroatoms. The summed E-state index contributed by atoms with van der Waals surface area (Å²) in [5.74, 6) is 0. The van der Waals surface area contributed by atoms with Crippen LogP contribution in [0.2, 0.25) is 0 Å². The molecule has 2 aromatic carbocycles. The van der Waals surface area contributed by atoms with Gasteiger partial charge in [-0.1, -0.05) is 45.0 Å². The third kappa shape index (κ3) is 2.78. The maximum absolute atomic E-state index is 7.23. The minimum absolute atomic E-state index is 0.114. The Morgan fingerprint density at radius 3 is 2.42 bits per heavy atom. The second kappa shape index (κ2) is 5.76. The van der Waals surface area contributed by atoms with Crippen LogP contribution in [0.3, 0.4) is 0 Å². The first-order valence-corrected chi connectivity index (χ1v) is 8.22. The largest absolute Gasteiger partial charge is 0.238 e. The zero-order valence-electron chi connectivity index (χ0n) is 15.0. The summed E-state index contributed by atoms with van der Waals surface area (Å²) in [6.45, 7) is 16.1. The average Bonchev–Trinajstić information content (AvgIpc) is 2.54. The first-order chi connectivity index (χ1) is 11.3. The predicted octanol–water partition coefficient (Wildman–Crippen LogP) is 5.49. The molecule has 3 aromatic rings. The lowest BCUT2D eigenvalue weighted by molar-refractivity contribution is -0.659. The lowest BCUT2D eigenvalue weighted by Crippen LogP contribution is -2.31. The van der Waals surface area contributed by atoms with Gasteiger partial charge in [0.2, 0.25) is 5.69 Å². The van der Waals surface area contributed by atoms with Crippen LogP contribution in [0.25, 0.3) is 26.9 Å². The van der Waals surface area contributed by atoms with E-state index in [1.807, 2.05) is 12.1 Å². The highest BCUT2D eigenvalue weighted by molar-refractivity contribution is 5.95. The standard InChI is InChI=1S/C22H23N2/c1-15-7-8-17(22(2,3)4)14-20(15)21-19-10-9-18(23-5)13-16(19)11-12-24(21)6/h7-14H,1-4,6H3/q+1. The number of nitrogens with zero attached hydrogens (tertiary/aromatic N) is 2. The summed E-state index contributed by atoms with van der Waals surface area (Å²) in [4.78, 5) is 3.55. The summed E-state index contributed by atoms with van der Waals surface area (Å²) in [6, 6.07) is 14.8. The van der Waals surface area contributed by atoms with Gasteiger partial charge in [-0.3, -0.25) is 0 Å². The van der Waals surface area contributed by atoms with Crippen LogP contribution in [0.1, 0.15) is 31.9 Å². The second-order valence-corrected chi connectivity index (χ2v) is 7.44. The fourth-order valence-corrected chi connectivity index (χ4v) is 3.11. The van der Waals surface area contributed by atoms with Crippen molar-refractivity contribution in [3.8, 4) is 11.3 Å². The molecule has 0 saturated carbocycles. The number of aromatic nitrogens is 1. The number of rotatable bonds is 1. The van der Waals surface area contributed by atoms with Crippen LogP contribution in [0.15, 0.2) is 48.7 Å². The molecule has 0 unspecified atom stereocenters. The van der Waals surface area contributed by atoms with Crippen LogP contribution >= 0.6 is 0 Å². The molecule has 0 saturated heterocycles. The van der Waals surface area contributed by atoms with Crippen LogP contribution in [0.5, 0.6) is 0 Å². The molecule has 0 bridgehead atoms. The van der Waals surface area contributed by atoms with Crippen LogP contribution in [-0.2, 0) is 12.5 Å². The normalized spacial score (nSPS) is 11.5. The average molecular weight is 315 g/mol. The Bertz CT molecular complexity index is 970. The second-order valence-electron chi connectivity index (χ2n) is 7.44. The van der Waals surface area contributed by atoms with Gasteiger partial charge in [-0.25, -0.2) is 9.41 Å². The molecule has 0 amide bonds. The minimum atomic E-state index is 0.114. The Morgan fingerprint density at radius 1 is 1.00 bits per heavy atom. The van der Waals surface area contributed by atoms with E-state index in [1.165, 1.54) is 27.8 Å². The third-order valence-corrected chi connectivity index (χ3v) is 4.61. The Balaban J connectivity index is 2.34. The molecule has 0 N–H and O–H groups in total. The molecule has 0 aliphatic heterocycles. The maximum Gasteiger partial charge on any atom is 0.220 e. The number of fused-ring (bicyclic) bond motifs is 1. The van der Waals surface area contributed by atoms with Crippen LogP contribution < -0.4 is 4.57 Å². The molecular weight excluding hydrogens is 292 g/mol. The van der Waals surface area contributed by atoms with Gasteiger partial charge in [0.05, 0.1) is 12.0 Å². The summed E-state index contributed by atoms with van der Waals surface area (Å²) in [5.41, 5.74) is 5.85. The van der Waals surface area contributed by atoms with Crippen molar-refractivity contribution in [1.82, 2.24) is 0 Å². The molecule has 0 aliphatic rings. The van der Waals surface area contributed by atoms with Crippen LogP contribution in [-0.4, -0.2) is 0 Å². The first-order valence-electron chi connectivity index (χ1n) is 8.22. The molecule has 0 aliphatic carbocycles. The lowest BCUT2D eigenvalue weighted by atomic mass is 9.84. The topological polar surface area (TPSA) is 8.24 Å². The van der Waals surface area contributed by atoms with E-state index in [2.05, 4.69) is 80.7 Å². The molecule has 0 fully saturated rings. The van der Waals surface area contributed by atoms with Gasteiger partial charge in [0.1, 0.15) is 7.05 Å². The number of benzene rings is 2. The van der Waals surface area contributed by atoms with Crippen molar-refractivity contribution >= 4 is 16.5 Å². The highest BCUT2D eigenvalue weighted by Gasteiger charge is 2.21. The van der Waals surface area contributed by atoms with Crippen molar-refractivity contribution in [2.24, 2.45) is 7.05 Å². The molecule has 3 rings (SSSR count). The molecule has 1 heterocycles. The number of hydrogen-bond donors (Lipinski definition) is 0. The van der Waals surface area contributed by atoms with E-state index >= 15 is 0 Å². The van der Waals surface area contributed by atoms with Gasteiger partial charge < -0.3 is 0 Å². The van der Waals surface area contributed by atoms with E-state index in [9.17, 15) is 0 Å². The molecule has 24 heavy (non-hydrogen) atoms. The monoisotopic (exact) mass is 315 g/mol. The molecule has 0 spiro atoms. The quantitative estimate of drug-likeness (QED) is 0.414. The van der Waals surface area contributed by atoms with E-state index in [-0.39, 0.29) is 5.41 Å². The van der Waals surface area contributed by atoms with E-state index in [1.54, 1.807) is 0 Å². The zero-order chi connectivity index (χ0) is 17.5. The van der Waals surface area contributed by atoms with Crippen LogP contribution in [0, 0.1) is 13.5 Å². The Morgan fingerprint density at radius 2 is 1.75 bits per heavy atom. The number of hydrogen-bond acceptors (Lipinski definition) is 0. The van der Waals surface area contributed by atoms with Gasteiger partial charge in [-0.2, -0.15) is 0 Å². The SMILES string of the molecule is [C-]#[N+]c1ccc2c(-c3cc(C(C)(C)C)ccc3C)[n+](C)ccc2c1. The lowest BCUT2D eigenvalue weighted by Gasteiger charge is -2.20. The predicted molar refractivity (Wildman–Crippen MR) is 100 cm³/mol. The molecular formula is C22H23N2+. The van der Waals surface area contributed by atoms with Crippen molar-refractivity contribution in [2.45, 2.75) is 33.1 Å². The third-order valence-electron chi connectivity index (χ3n) is 4.61. The number of pyridine rings is 1. The highest BCUT2D eigenvalue weighted by atomic mass is 14.9. The Hall–Kier alpha value is -2.66. The van der Waals surface area contributed by atoms with Crippen molar-refractivity contribution in [1.29, 1.82) is 0 Å². The van der Waals surface area contributed by atoms with E-state index in [0.29, 0.717) is 5.69 Å². The summed E-state index contributed by atoms with van der Waals surface area (Å²) in [6.07, 6.45) is 2.08. The summed E-state index contributed by atoms with van der Waals surface area (Å²) >= 11 is 0. The van der Waals surface area contributed by atoms with Crippen molar-refractivity contribution < 1.29 is 4.57 Å². The molecule has 120 valence electrons. The number of aryl methyl sites for hydroxylation is 2. The fourth-order valence-electron chi connectivity index (χ4n) is 3.11. The van der Waals surface area contributed by atoms with Crippen molar-refractivity contribution in [2.75, 3.05) is 0 Å². The van der Waals surface area contributed by atoms with E-state index < -0.39 is 0 Å². The van der Waals surface area contributed by atoms with Gasteiger partial charge in [-0.15, -0.1) is 0 Å². The minimum Gasteiger partial charge on any atom is -0.238 e. The van der Waals surface area contributed by atoms with E-state index in [0.717, 1.165) is 5.39 Å². The summed E-state index contributed by atoms with van der Waals surface area (Å²) in [5, 5.41) is 2.29. The maximum atomic E-state index is 7.23. The van der Waals surface area contributed by atoms with Gasteiger partial charge >= 0.3 is 0 Å². The van der Waals surface area contributed by atoms with Gasteiger partial charge in [-0.05, 0) is 41.0 Å². The highest BCUT2D eigenvalue weighted by Crippen LogP contribution is 2.33. The summed E-state index contributed by atoms with van der Waals surface area (Å²) < 4.78 is 2.18. The fraction of sp³-hybridized carbons (Fsp3) is 0.273. The molecule has 0 atom stereocenters. The van der Waals surface area contributed by atoms with Gasteiger partial charge in [0.25, 0.3) is 0 Å². The molecule has 2 nitrogen and oxygen atoms in total. The molecule has 0 radical (unpaired) electrons. The van der Waals surface area contributed by atoms with Crippen LogP contribution in [0.4, 0.5) is 5.69 Å².